The molecule has 2 unspecified atom stereocenters. The maximum Gasteiger partial charge on any atom is 0.276 e. The van der Waals surface area contributed by atoms with E-state index in [1.54, 1.807) is 7.05 Å². The predicted octanol–water partition coefficient (Wildman–Crippen LogP) is 3.50. The van der Waals surface area contributed by atoms with Gasteiger partial charge in [0.15, 0.2) is 5.82 Å². The molecule has 4 rings (SSSR count). The van der Waals surface area contributed by atoms with Crippen LogP contribution in [0.25, 0.3) is 10.9 Å². The Morgan fingerprint density at radius 2 is 1.83 bits per heavy atom. The Labute approximate surface area is 176 Å². The number of aromatic nitrogens is 1. The van der Waals surface area contributed by atoms with Crippen LogP contribution in [0.2, 0.25) is 0 Å². The third kappa shape index (κ3) is 3.18. The quantitative estimate of drug-likeness (QED) is 0.764. The van der Waals surface area contributed by atoms with Crippen LogP contribution in [0, 0.1) is 24.5 Å². The van der Waals surface area contributed by atoms with Crippen molar-refractivity contribution < 1.29 is 8.78 Å². The van der Waals surface area contributed by atoms with E-state index in [-0.39, 0.29) is 28.7 Å². The zero-order valence-corrected chi connectivity index (χ0v) is 18.8. The van der Waals surface area contributed by atoms with E-state index >= 15 is 4.39 Å². The second kappa shape index (κ2) is 7.52. The molecule has 0 saturated carbocycles. The third-order valence-corrected chi connectivity index (χ3v) is 6.91. The number of benzene rings is 1. The van der Waals surface area contributed by atoms with E-state index in [2.05, 4.69) is 42.5 Å². The summed E-state index contributed by atoms with van der Waals surface area (Å²) in [5.74, 6) is -0.716. The molecule has 0 N–H and O–H groups in total. The molecule has 1 aromatic carbocycles. The Morgan fingerprint density at radius 3 is 2.50 bits per heavy atom. The molecule has 3 heterocycles. The van der Waals surface area contributed by atoms with Gasteiger partial charge in [-0.05, 0) is 39.3 Å². The highest BCUT2D eigenvalue weighted by Crippen LogP contribution is 2.42. The van der Waals surface area contributed by atoms with Gasteiger partial charge in [-0.3, -0.25) is 9.69 Å². The Balaban J connectivity index is 2.02. The summed E-state index contributed by atoms with van der Waals surface area (Å²) in [4.78, 5) is 20.2. The van der Waals surface area contributed by atoms with Crippen LogP contribution in [0.15, 0.2) is 10.9 Å². The SMILES string of the molecule is Cc1c(F)cc2c3c(c(=O)n(C)c2c1F)N(CCC(C)C)CC1CN(C)C(C)CN31. The molecule has 2 aliphatic heterocycles. The number of halogens is 2. The fourth-order valence-corrected chi connectivity index (χ4v) is 4.85. The Kier molecular flexibility index (Phi) is 5.29. The van der Waals surface area contributed by atoms with Crippen LogP contribution in [0.1, 0.15) is 32.8 Å². The molecule has 5 nitrogen and oxygen atoms in total. The standard InChI is InChI=1S/C23H32F2N4O/c1-13(2)7-8-28-12-16-11-26(5)14(3)10-29(16)21-17-9-18(24)15(4)19(25)20(17)27(6)23(30)22(21)28/h9,13-14,16H,7-8,10-12H2,1-6H3. The first-order chi connectivity index (χ1) is 14.1. The van der Waals surface area contributed by atoms with E-state index in [0.29, 0.717) is 22.7 Å². The number of nitrogens with zero attached hydrogens (tertiary/aromatic N) is 4. The maximum atomic E-state index is 15.1. The van der Waals surface area contributed by atoms with Crippen molar-refractivity contribution >= 4 is 22.3 Å². The molecule has 2 atom stereocenters. The molecular weight excluding hydrogens is 386 g/mol. The monoisotopic (exact) mass is 418 g/mol. The molecule has 1 saturated heterocycles. The summed E-state index contributed by atoms with van der Waals surface area (Å²) < 4.78 is 31.2. The predicted molar refractivity (Wildman–Crippen MR) is 119 cm³/mol. The molecule has 7 heteroatoms. The first-order valence-corrected chi connectivity index (χ1v) is 10.8. The summed E-state index contributed by atoms with van der Waals surface area (Å²) >= 11 is 0. The van der Waals surface area contributed by atoms with Crippen LogP contribution in [0.3, 0.4) is 0 Å². The molecule has 0 aliphatic carbocycles. The number of anilines is 2. The normalized spacial score (nSPS) is 22.0. The van der Waals surface area contributed by atoms with Crippen molar-refractivity contribution in [3.63, 3.8) is 0 Å². The van der Waals surface area contributed by atoms with Crippen LogP contribution >= 0.6 is 0 Å². The Bertz CT molecular complexity index is 1050. The lowest BCUT2D eigenvalue weighted by molar-refractivity contribution is 0.198. The number of fused-ring (bicyclic) bond motifs is 5. The van der Waals surface area contributed by atoms with Crippen LogP contribution < -0.4 is 15.4 Å². The zero-order valence-electron chi connectivity index (χ0n) is 18.8. The van der Waals surface area contributed by atoms with Crippen LogP contribution in [-0.4, -0.2) is 54.8 Å². The van der Waals surface area contributed by atoms with Gasteiger partial charge >= 0.3 is 0 Å². The van der Waals surface area contributed by atoms with Gasteiger partial charge in [0.25, 0.3) is 5.56 Å². The van der Waals surface area contributed by atoms with Crippen molar-refractivity contribution in [3.05, 3.63) is 33.6 Å². The third-order valence-electron chi connectivity index (χ3n) is 6.91. The summed E-state index contributed by atoms with van der Waals surface area (Å²) in [6.45, 7) is 11.0. The molecule has 1 aromatic heterocycles. The summed E-state index contributed by atoms with van der Waals surface area (Å²) in [7, 11) is 3.70. The topological polar surface area (TPSA) is 31.7 Å². The summed E-state index contributed by atoms with van der Waals surface area (Å²) in [6.07, 6.45) is 0.955. The van der Waals surface area contributed by atoms with Crippen molar-refractivity contribution in [2.75, 3.05) is 43.0 Å². The molecular formula is C23H32F2N4O. The molecule has 164 valence electrons. The number of piperazine rings is 1. The molecule has 30 heavy (non-hydrogen) atoms. The molecule has 2 aromatic rings. The number of rotatable bonds is 3. The van der Waals surface area contributed by atoms with E-state index in [0.717, 1.165) is 32.6 Å². The van der Waals surface area contributed by atoms with Crippen molar-refractivity contribution in [3.8, 4) is 0 Å². The molecule has 1 fully saturated rings. The average molecular weight is 419 g/mol. The van der Waals surface area contributed by atoms with E-state index in [1.165, 1.54) is 17.6 Å². The minimum atomic E-state index is -0.648. The lowest BCUT2D eigenvalue weighted by Crippen LogP contribution is -2.62. The second-order valence-electron chi connectivity index (χ2n) is 9.48. The van der Waals surface area contributed by atoms with Gasteiger partial charge in [0.05, 0.1) is 17.2 Å². The smallest absolute Gasteiger partial charge is 0.276 e. The minimum absolute atomic E-state index is 0.0479. The first kappa shape index (κ1) is 21.1. The highest BCUT2D eigenvalue weighted by Gasteiger charge is 2.40. The van der Waals surface area contributed by atoms with Crippen LogP contribution in [0.4, 0.5) is 20.2 Å². The molecule has 0 radical (unpaired) electrons. The van der Waals surface area contributed by atoms with Crippen LogP contribution in [0.5, 0.6) is 0 Å². The Morgan fingerprint density at radius 1 is 1.13 bits per heavy atom. The lowest BCUT2D eigenvalue weighted by Gasteiger charge is -2.51. The van der Waals surface area contributed by atoms with E-state index in [4.69, 9.17) is 0 Å². The molecule has 0 bridgehead atoms. The van der Waals surface area contributed by atoms with Gasteiger partial charge in [-0.1, -0.05) is 13.8 Å². The number of likely N-dealkylation sites (N-methyl/N-ethyl adjacent to an activating group) is 1. The van der Waals surface area contributed by atoms with Gasteiger partial charge in [-0.15, -0.1) is 0 Å². The summed E-state index contributed by atoms with van der Waals surface area (Å²) in [6, 6.07) is 1.88. The van der Waals surface area contributed by atoms with Gasteiger partial charge in [-0.2, -0.15) is 0 Å². The summed E-state index contributed by atoms with van der Waals surface area (Å²) in [5, 5.41) is 0.490. The van der Waals surface area contributed by atoms with Gasteiger partial charge in [-0.25, -0.2) is 8.78 Å². The van der Waals surface area contributed by atoms with Crippen molar-refractivity contribution in [2.24, 2.45) is 13.0 Å². The van der Waals surface area contributed by atoms with E-state index in [1.807, 2.05) is 0 Å². The Hall–Kier alpha value is -2.15. The average Bonchev–Trinajstić information content (AvgIpc) is 2.68. The highest BCUT2D eigenvalue weighted by molar-refractivity contribution is 6.00. The van der Waals surface area contributed by atoms with Gasteiger partial charge in [0, 0.05) is 50.2 Å². The zero-order chi connectivity index (χ0) is 21.9. The van der Waals surface area contributed by atoms with Crippen molar-refractivity contribution in [2.45, 2.75) is 46.2 Å². The lowest BCUT2D eigenvalue weighted by atomic mass is 9.97. The fraction of sp³-hybridized carbons (Fsp3) is 0.609. The number of pyridine rings is 1. The van der Waals surface area contributed by atoms with Crippen molar-refractivity contribution in [1.29, 1.82) is 0 Å². The fourth-order valence-electron chi connectivity index (χ4n) is 4.85. The van der Waals surface area contributed by atoms with E-state index in [9.17, 15) is 9.18 Å². The largest absolute Gasteiger partial charge is 0.363 e. The minimum Gasteiger partial charge on any atom is -0.363 e. The first-order valence-electron chi connectivity index (χ1n) is 10.8. The van der Waals surface area contributed by atoms with Crippen molar-refractivity contribution in [1.82, 2.24) is 9.47 Å². The van der Waals surface area contributed by atoms with Gasteiger partial charge in [0.1, 0.15) is 11.5 Å². The second-order valence-corrected chi connectivity index (χ2v) is 9.48. The highest BCUT2D eigenvalue weighted by atomic mass is 19.1. The molecule has 0 amide bonds. The summed E-state index contributed by atoms with van der Waals surface area (Å²) in [5.41, 5.74) is 1.21. The maximum absolute atomic E-state index is 15.1. The number of hydrogen-bond donors (Lipinski definition) is 0. The van der Waals surface area contributed by atoms with Gasteiger partial charge < -0.3 is 14.4 Å². The number of hydrogen-bond acceptors (Lipinski definition) is 4. The molecule has 2 aliphatic rings. The van der Waals surface area contributed by atoms with Crippen LogP contribution in [-0.2, 0) is 7.05 Å². The number of aryl methyl sites for hydroxylation is 1. The molecule has 0 spiro atoms. The van der Waals surface area contributed by atoms with E-state index < -0.39 is 11.6 Å². The van der Waals surface area contributed by atoms with Gasteiger partial charge in [0.2, 0.25) is 0 Å².